The number of hydrogen-bond donors (Lipinski definition) is 0. The Balaban J connectivity index is 1.67. The fraction of sp³-hybridized carbons (Fsp3) is 0.333. The average Bonchev–Trinajstić information content (AvgIpc) is 2.72. The van der Waals surface area contributed by atoms with Gasteiger partial charge >= 0.3 is 5.97 Å². The van der Waals surface area contributed by atoms with Crippen LogP contribution in [0.15, 0.2) is 47.4 Å². The summed E-state index contributed by atoms with van der Waals surface area (Å²) < 4.78 is 10.7. The summed E-state index contributed by atoms with van der Waals surface area (Å²) in [6.45, 7) is 2.79. The highest BCUT2D eigenvalue weighted by molar-refractivity contribution is 7.98. The highest BCUT2D eigenvalue weighted by atomic mass is 32.2. The minimum absolute atomic E-state index is 0.183. The Morgan fingerprint density at radius 1 is 1.15 bits per heavy atom. The second kappa shape index (κ2) is 8.48. The SMILES string of the molecule is COc1cc(SC)ccc1C(=O)O[C@H](C)C(=O)N1CCc2ccccc2C1. The highest BCUT2D eigenvalue weighted by Gasteiger charge is 2.28. The number of methoxy groups -OCH3 is 1. The van der Waals surface area contributed by atoms with Crippen molar-refractivity contribution in [1.82, 2.24) is 4.90 Å². The van der Waals surface area contributed by atoms with Gasteiger partial charge in [-0.25, -0.2) is 4.79 Å². The van der Waals surface area contributed by atoms with Gasteiger partial charge in [0.2, 0.25) is 0 Å². The summed E-state index contributed by atoms with van der Waals surface area (Å²) in [6.07, 6.45) is 1.91. The number of fused-ring (bicyclic) bond motifs is 1. The zero-order valence-electron chi connectivity index (χ0n) is 15.7. The maximum absolute atomic E-state index is 12.7. The van der Waals surface area contributed by atoms with Crippen molar-refractivity contribution < 1.29 is 19.1 Å². The molecule has 27 heavy (non-hydrogen) atoms. The lowest BCUT2D eigenvalue weighted by Crippen LogP contribution is -2.42. The maximum Gasteiger partial charge on any atom is 0.342 e. The van der Waals surface area contributed by atoms with Crippen LogP contribution in [0.3, 0.4) is 0 Å². The van der Waals surface area contributed by atoms with E-state index in [1.165, 1.54) is 12.7 Å². The van der Waals surface area contributed by atoms with Gasteiger partial charge in [0.05, 0.1) is 7.11 Å². The van der Waals surface area contributed by atoms with Gasteiger partial charge in [-0.2, -0.15) is 0 Å². The fourth-order valence-corrected chi connectivity index (χ4v) is 3.61. The van der Waals surface area contributed by atoms with E-state index in [1.807, 2.05) is 30.5 Å². The quantitative estimate of drug-likeness (QED) is 0.582. The smallest absolute Gasteiger partial charge is 0.342 e. The molecule has 1 aliphatic rings. The van der Waals surface area contributed by atoms with Crippen molar-refractivity contribution in [2.75, 3.05) is 19.9 Å². The Morgan fingerprint density at radius 2 is 1.89 bits per heavy atom. The standard InChI is InChI=1S/C21H23NO4S/c1-14(20(23)22-11-10-15-6-4-5-7-16(15)13-22)26-21(24)18-9-8-17(27-3)12-19(18)25-2/h4-9,12,14H,10-11,13H2,1-3H3/t14-/m1/s1. The van der Waals surface area contributed by atoms with Crippen molar-refractivity contribution in [1.29, 1.82) is 0 Å². The molecule has 0 spiro atoms. The summed E-state index contributed by atoms with van der Waals surface area (Å²) in [5.41, 5.74) is 2.73. The molecule has 142 valence electrons. The van der Waals surface area contributed by atoms with Gasteiger partial charge in [-0.15, -0.1) is 11.8 Å². The van der Waals surface area contributed by atoms with Crippen molar-refractivity contribution >= 4 is 23.6 Å². The molecule has 0 radical (unpaired) electrons. The molecular weight excluding hydrogens is 362 g/mol. The molecule has 5 nitrogen and oxygen atoms in total. The first kappa shape index (κ1) is 19.3. The molecule has 0 saturated carbocycles. The molecule has 0 unspecified atom stereocenters. The van der Waals surface area contributed by atoms with E-state index in [1.54, 1.807) is 35.7 Å². The van der Waals surface area contributed by atoms with E-state index in [4.69, 9.17) is 9.47 Å². The van der Waals surface area contributed by atoms with E-state index in [0.29, 0.717) is 24.4 Å². The molecule has 3 rings (SSSR count). The summed E-state index contributed by atoms with van der Waals surface area (Å²) in [5, 5.41) is 0. The number of amides is 1. The average molecular weight is 385 g/mol. The number of carbonyl (C=O) groups is 2. The Labute approximate surface area is 163 Å². The molecule has 1 aliphatic heterocycles. The summed E-state index contributed by atoms with van der Waals surface area (Å²) in [4.78, 5) is 28.0. The molecule has 0 aromatic heterocycles. The molecule has 0 bridgehead atoms. The molecule has 0 N–H and O–H groups in total. The van der Waals surface area contributed by atoms with Crippen LogP contribution in [0.5, 0.6) is 5.75 Å². The van der Waals surface area contributed by atoms with Gasteiger partial charge in [-0.1, -0.05) is 24.3 Å². The van der Waals surface area contributed by atoms with Gasteiger partial charge < -0.3 is 14.4 Å². The van der Waals surface area contributed by atoms with Crippen molar-refractivity contribution in [2.24, 2.45) is 0 Å². The van der Waals surface area contributed by atoms with E-state index in [2.05, 4.69) is 6.07 Å². The van der Waals surface area contributed by atoms with Crippen LogP contribution in [0.1, 0.15) is 28.4 Å². The number of thioether (sulfide) groups is 1. The lowest BCUT2D eigenvalue weighted by molar-refractivity contribution is -0.140. The zero-order chi connectivity index (χ0) is 19.4. The minimum Gasteiger partial charge on any atom is -0.496 e. The second-order valence-electron chi connectivity index (χ2n) is 6.39. The summed E-state index contributed by atoms with van der Waals surface area (Å²) in [6, 6.07) is 13.4. The first-order valence-electron chi connectivity index (χ1n) is 8.82. The Kier molecular flexibility index (Phi) is 6.06. The van der Waals surface area contributed by atoms with E-state index >= 15 is 0 Å². The summed E-state index contributed by atoms with van der Waals surface area (Å²) in [7, 11) is 1.51. The monoisotopic (exact) mass is 385 g/mol. The number of rotatable bonds is 5. The third-order valence-electron chi connectivity index (χ3n) is 4.70. The molecule has 1 amide bonds. The second-order valence-corrected chi connectivity index (χ2v) is 7.27. The molecule has 6 heteroatoms. The van der Waals surface area contributed by atoms with Gasteiger partial charge in [-0.3, -0.25) is 4.79 Å². The maximum atomic E-state index is 12.7. The van der Waals surface area contributed by atoms with Crippen LogP contribution in [0.2, 0.25) is 0 Å². The van der Waals surface area contributed by atoms with E-state index in [9.17, 15) is 9.59 Å². The van der Waals surface area contributed by atoms with Gasteiger partial charge in [0.15, 0.2) is 6.10 Å². The van der Waals surface area contributed by atoms with Crippen LogP contribution in [-0.4, -0.2) is 42.8 Å². The Bertz CT molecular complexity index is 852. The predicted octanol–water partition coefficient (Wildman–Crippen LogP) is 3.55. The zero-order valence-corrected chi connectivity index (χ0v) is 16.5. The van der Waals surface area contributed by atoms with Crippen LogP contribution >= 0.6 is 11.8 Å². The number of esters is 1. The molecule has 0 saturated heterocycles. The Morgan fingerprint density at radius 3 is 2.59 bits per heavy atom. The number of carbonyl (C=O) groups excluding carboxylic acids is 2. The normalized spacial score (nSPS) is 14.3. The largest absolute Gasteiger partial charge is 0.496 e. The molecule has 1 heterocycles. The number of benzene rings is 2. The summed E-state index contributed by atoms with van der Waals surface area (Å²) in [5.74, 6) is -0.297. The van der Waals surface area contributed by atoms with Crippen molar-refractivity contribution in [3.63, 3.8) is 0 Å². The van der Waals surface area contributed by atoms with Crippen molar-refractivity contribution in [3.8, 4) is 5.75 Å². The lowest BCUT2D eigenvalue weighted by Gasteiger charge is -2.30. The number of hydrogen-bond acceptors (Lipinski definition) is 5. The van der Waals surface area contributed by atoms with Crippen molar-refractivity contribution in [2.45, 2.75) is 30.9 Å². The molecule has 0 aliphatic carbocycles. The third-order valence-corrected chi connectivity index (χ3v) is 5.43. The van der Waals surface area contributed by atoms with Gasteiger partial charge in [0.1, 0.15) is 11.3 Å². The lowest BCUT2D eigenvalue weighted by atomic mass is 9.99. The molecule has 2 aromatic rings. The van der Waals surface area contributed by atoms with Gasteiger partial charge in [-0.05, 0) is 48.9 Å². The molecule has 0 fully saturated rings. The van der Waals surface area contributed by atoms with Gasteiger partial charge in [0.25, 0.3) is 5.91 Å². The van der Waals surface area contributed by atoms with Crippen LogP contribution in [0.4, 0.5) is 0 Å². The van der Waals surface area contributed by atoms with Crippen molar-refractivity contribution in [3.05, 3.63) is 59.2 Å². The topological polar surface area (TPSA) is 55.8 Å². The number of ether oxygens (including phenoxy) is 2. The highest BCUT2D eigenvalue weighted by Crippen LogP contribution is 2.26. The van der Waals surface area contributed by atoms with E-state index in [0.717, 1.165) is 16.9 Å². The van der Waals surface area contributed by atoms with Crippen LogP contribution in [-0.2, 0) is 22.5 Å². The molecule has 2 aromatic carbocycles. The first-order chi connectivity index (χ1) is 13.0. The van der Waals surface area contributed by atoms with E-state index in [-0.39, 0.29) is 5.91 Å². The van der Waals surface area contributed by atoms with Crippen LogP contribution in [0.25, 0.3) is 0 Å². The van der Waals surface area contributed by atoms with Crippen LogP contribution < -0.4 is 4.74 Å². The Hall–Kier alpha value is -2.47. The fourth-order valence-electron chi connectivity index (χ4n) is 3.18. The molecule has 1 atom stereocenters. The predicted molar refractivity (Wildman–Crippen MR) is 105 cm³/mol. The van der Waals surface area contributed by atoms with E-state index < -0.39 is 12.1 Å². The molecular formula is C21H23NO4S. The van der Waals surface area contributed by atoms with Crippen LogP contribution in [0, 0.1) is 0 Å². The minimum atomic E-state index is -0.854. The first-order valence-corrected chi connectivity index (χ1v) is 10.0. The summed E-state index contributed by atoms with van der Waals surface area (Å²) >= 11 is 1.56. The third kappa shape index (κ3) is 4.27. The number of nitrogens with zero attached hydrogens (tertiary/aromatic N) is 1. The van der Waals surface area contributed by atoms with Gasteiger partial charge in [0, 0.05) is 18.0 Å².